The lowest BCUT2D eigenvalue weighted by molar-refractivity contribution is -0.274. The lowest BCUT2D eigenvalue weighted by Crippen LogP contribution is -2.47. The van der Waals surface area contributed by atoms with Crippen LogP contribution in [0.3, 0.4) is 0 Å². The SMILES string of the molecule is O=Cc1ccc2c(c1)CCCC(c1ccccc1OC(F)(F)F)=C2c1ccc(CC2CN(CCCF)C2)cc1. The maximum Gasteiger partial charge on any atom is 0.573 e. The van der Waals surface area contributed by atoms with E-state index in [0.29, 0.717) is 36.3 Å². The van der Waals surface area contributed by atoms with E-state index < -0.39 is 6.36 Å². The van der Waals surface area contributed by atoms with Crippen LogP contribution in [0.5, 0.6) is 5.75 Å². The number of halogens is 4. The Kier molecular flexibility index (Phi) is 8.17. The third kappa shape index (κ3) is 6.41. The molecule has 1 aliphatic heterocycles. The summed E-state index contributed by atoms with van der Waals surface area (Å²) in [6.45, 7) is 2.46. The number of nitrogens with zero attached hydrogens (tertiary/aromatic N) is 1. The van der Waals surface area contributed by atoms with Crippen LogP contribution in [-0.4, -0.2) is 43.9 Å². The zero-order valence-electron chi connectivity index (χ0n) is 21.6. The second-order valence-corrected chi connectivity index (χ2v) is 10.4. The first-order valence-corrected chi connectivity index (χ1v) is 13.4. The van der Waals surface area contributed by atoms with Gasteiger partial charge in [0.25, 0.3) is 0 Å². The number of likely N-dealkylation sites (tertiary alicyclic amines) is 1. The summed E-state index contributed by atoms with van der Waals surface area (Å²) in [5, 5.41) is 0. The van der Waals surface area contributed by atoms with Crippen molar-refractivity contribution in [2.75, 3.05) is 26.3 Å². The van der Waals surface area contributed by atoms with E-state index in [1.54, 1.807) is 24.3 Å². The quantitative estimate of drug-likeness (QED) is 0.209. The maximum absolute atomic E-state index is 13.3. The molecule has 7 heteroatoms. The van der Waals surface area contributed by atoms with Crippen molar-refractivity contribution in [1.29, 1.82) is 0 Å². The molecule has 0 unspecified atom stereocenters. The molecule has 0 saturated carbocycles. The first kappa shape index (κ1) is 27.1. The number of para-hydroxylation sites is 1. The number of ether oxygens (including phenoxy) is 1. The Balaban J connectivity index is 1.53. The summed E-state index contributed by atoms with van der Waals surface area (Å²) in [6, 6.07) is 20.1. The molecule has 0 aromatic heterocycles. The zero-order valence-corrected chi connectivity index (χ0v) is 21.6. The molecule has 0 amide bonds. The molecule has 3 aromatic carbocycles. The number of aldehydes is 1. The lowest BCUT2D eigenvalue weighted by atomic mass is 9.86. The largest absolute Gasteiger partial charge is 0.573 e. The van der Waals surface area contributed by atoms with Gasteiger partial charge in [0, 0.05) is 30.8 Å². The number of fused-ring (bicyclic) bond motifs is 1. The molecule has 1 fully saturated rings. The third-order valence-corrected chi connectivity index (χ3v) is 7.56. The van der Waals surface area contributed by atoms with E-state index in [1.165, 1.54) is 11.6 Å². The van der Waals surface area contributed by atoms with Gasteiger partial charge >= 0.3 is 6.36 Å². The molecule has 0 N–H and O–H groups in total. The fraction of sp³-hybridized carbons (Fsp3) is 0.344. The number of alkyl halides is 4. The molecule has 3 nitrogen and oxygen atoms in total. The van der Waals surface area contributed by atoms with Crippen molar-refractivity contribution in [2.24, 2.45) is 5.92 Å². The molecule has 39 heavy (non-hydrogen) atoms. The Labute approximate surface area is 226 Å². The summed E-state index contributed by atoms with van der Waals surface area (Å²) >= 11 is 0. The normalized spacial score (nSPS) is 16.4. The van der Waals surface area contributed by atoms with Crippen LogP contribution in [0.2, 0.25) is 0 Å². The molecule has 204 valence electrons. The van der Waals surface area contributed by atoms with E-state index in [0.717, 1.165) is 66.6 Å². The lowest BCUT2D eigenvalue weighted by Gasteiger charge is -2.39. The van der Waals surface area contributed by atoms with Crippen molar-refractivity contribution in [3.8, 4) is 5.75 Å². The minimum atomic E-state index is -4.80. The Morgan fingerprint density at radius 2 is 1.72 bits per heavy atom. The van der Waals surface area contributed by atoms with Crippen LogP contribution in [-0.2, 0) is 12.8 Å². The molecular formula is C32H31F4NO2. The van der Waals surface area contributed by atoms with Crippen LogP contribution >= 0.6 is 0 Å². The zero-order chi connectivity index (χ0) is 27.4. The van der Waals surface area contributed by atoms with E-state index in [9.17, 15) is 22.4 Å². The smallest absolute Gasteiger partial charge is 0.405 e. The Morgan fingerprint density at radius 1 is 0.949 bits per heavy atom. The molecule has 2 aliphatic rings. The van der Waals surface area contributed by atoms with Gasteiger partial charge in [0.15, 0.2) is 0 Å². The van der Waals surface area contributed by atoms with Gasteiger partial charge < -0.3 is 9.64 Å². The van der Waals surface area contributed by atoms with Crippen LogP contribution < -0.4 is 4.74 Å². The summed E-state index contributed by atoms with van der Waals surface area (Å²) in [7, 11) is 0. The number of rotatable bonds is 9. The van der Waals surface area contributed by atoms with Gasteiger partial charge in [-0.3, -0.25) is 9.18 Å². The highest BCUT2D eigenvalue weighted by Crippen LogP contribution is 2.43. The van der Waals surface area contributed by atoms with Crippen molar-refractivity contribution in [3.63, 3.8) is 0 Å². The van der Waals surface area contributed by atoms with E-state index in [1.807, 2.05) is 24.3 Å². The van der Waals surface area contributed by atoms with E-state index in [4.69, 9.17) is 0 Å². The van der Waals surface area contributed by atoms with Crippen LogP contribution in [0.25, 0.3) is 11.1 Å². The average Bonchev–Trinajstić information content (AvgIpc) is 3.08. The van der Waals surface area contributed by atoms with Crippen LogP contribution in [0.4, 0.5) is 17.6 Å². The van der Waals surface area contributed by atoms with Gasteiger partial charge in [0.2, 0.25) is 0 Å². The van der Waals surface area contributed by atoms with Gasteiger partial charge in [-0.05, 0) is 83.6 Å². The molecule has 3 aromatic rings. The Bertz CT molecular complexity index is 1340. The fourth-order valence-corrected chi connectivity index (χ4v) is 5.82. The third-order valence-electron chi connectivity index (χ3n) is 7.56. The van der Waals surface area contributed by atoms with Gasteiger partial charge in [-0.25, -0.2) is 0 Å². The summed E-state index contributed by atoms with van der Waals surface area (Å²) in [5.41, 5.74) is 6.69. The summed E-state index contributed by atoms with van der Waals surface area (Å²) < 4.78 is 56.7. The summed E-state index contributed by atoms with van der Waals surface area (Å²) in [4.78, 5) is 13.7. The predicted molar refractivity (Wildman–Crippen MR) is 144 cm³/mol. The molecule has 0 spiro atoms. The highest BCUT2D eigenvalue weighted by molar-refractivity contribution is 6.01. The first-order chi connectivity index (χ1) is 18.8. The van der Waals surface area contributed by atoms with Crippen molar-refractivity contribution < 1.29 is 27.1 Å². The summed E-state index contributed by atoms with van der Waals surface area (Å²) in [6.07, 6.45) is -0.472. The highest BCUT2D eigenvalue weighted by Gasteiger charge is 2.33. The Morgan fingerprint density at radius 3 is 2.44 bits per heavy atom. The molecule has 0 bridgehead atoms. The van der Waals surface area contributed by atoms with Crippen LogP contribution in [0, 0.1) is 5.92 Å². The van der Waals surface area contributed by atoms with E-state index >= 15 is 0 Å². The maximum atomic E-state index is 13.3. The van der Waals surface area contributed by atoms with Gasteiger partial charge in [0.1, 0.15) is 12.0 Å². The van der Waals surface area contributed by atoms with Crippen molar-refractivity contribution in [1.82, 2.24) is 4.90 Å². The van der Waals surface area contributed by atoms with E-state index in [2.05, 4.69) is 21.8 Å². The molecule has 1 saturated heterocycles. The van der Waals surface area contributed by atoms with Crippen LogP contribution in [0.15, 0.2) is 66.7 Å². The molecular weight excluding hydrogens is 506 g/mol. The predicted octanol–water partition coefficient (Wildman–Crippen LogP) is 7.53. The number of allylic oxidation sites excluding steroid dienone is 1. The number of carbonyl (C=O) groups excluding carboxylic acids is 1. The number of aryl methyl sites for hydroxylation is 1. The minimum absolute atomic E-state index is 0.218. The highest BCUT2D eigenvalue weighted by atomic mass is 19.4. The van der Waals surface area contributed by atoms with Gasteiger partial charge in [-0.1, -0.05) is 54.6 Å². The summed E-state index contributed by atoms with van der Waals surface area (Å²) in [5.74, 6) is 0.321. The second-order valence-electron chi connectivity index (χ2n) is 10.4. The molecule has 0 atom stereocenters. The number of benzene rings is 3. The Hall–Kier alpha value is -3.45. The van der Waals surface area contributed by atoms with Gasteiger partial charge in [0.05, 0.1) is 6.67 Å². The monoisotopic (exact) mass is 537 g/mol. The molecule has 1 aliphatic carbocycles. The van der Waals surface area contributed by atoms with Crippen molar-refractivity contribution in [3.05, 3.63) is 100 Å². The fourth-order valence-electron chi connectivity index (χ4n) is 5.82. The number of carbonyl (C=O) groups is 1. The average molecular weight is 538 g/mol. The van der Waals surface area contributed by atoms with Crippen LogP contribution in [0.1, 0.15) is 57.4 Å². The molecule has 5 rings (SSSR count). The topological polar surface area (TPSA) is 29.5 Å². The van der Waals surface area contributed by atoms with E-state index in [-0.39, 0.29) is 12.4 Å². The molecule has 1 heterocycles. The number of hydrogen-bond donors (Lipinski definition) is 0. The second kappa shape index (κ2) is 11.7. The standard InChI is InChI=1S/C32H31F4NO2/c33-15-4-16-37-19-24(20-37)17-22-9-12-25(13-10-22)31-27-14-11-23(21-38)18-26(27)5-3-7-29(31)28-6-1-2-8-30(28)39-32(34,35)36/h1-2,6,8-14,18,21,24H,3-5,7,15-17,19-20H2. The van der Waals surface area contributed by atoms with Crippen molar-refractivity contribution >= 4 is 17.4 Å². The minimum Gasteiger partial charge on any atom is -0.405 e. The van der Waals surface area contributed by atoms with Gasteiger partial charge in [-0.2, -0.15) is 0 Å². The van der Waals surface area contributed by atoms with Gasteiger partial charge in [-0.15, -0.1) is 13.2 Å². The molecule has 0 radical (unpaired) electrons. The van der Waals surface area contributed by atoms with Crippen molar-refractivity contribution in [2.45, 2.75) is 38.5 Å². The first-order valence-electron chi connectivity index (χ1n) is 13.4. The number of hydrogen-bond acceptors (Lipinski definition) is 3.